The number of hydrogen-bond donors (Lipinski definition) is 1. The van der Waals surface area contributed by atoms with Crippen LogP contribution in [0.1, 0.15) is 21.1 Å². The highest BCUT2D eigenvalue weighted by Gasteiger charge is 2.15. The molecule has 6 nitrogen and oxygen atoms in total. The third kappa shape index (κ3) is 3.87. The van der Waals surface area contributed by atoms with E-state index in [1.807, 2.05) is 12.3 Å². The van der Waals surface area contributed by atoms with Crippen LogP contribution in [0.5, 0.6) is 0 Å². The Balaban J connectivity index is 2.11. The number of sulfonamides is 1. The number of carbonyl (C=O) groups excluding carboxylic acids is 1. The summed E-state index contributed by atoms with van der Waals surface area (Å²) in [6, 6.07) is 5.68. The predicted octanol–water partition coefficient (Wildman–Crippen LogP) is 1.72. The molecule has 0 saturated heterocycles. The monoisotopic (exact) mass is 326 g/mol. The fourth-order valence-corrected chi connectivity index (χ4v) is 2.98. The van der Waals surface area contributed by atoms with Crippen molar-refractivity contribution in [2.45, 2.75) is 18.4 Å². The molecule has 1 aromatic heterocycles. The van der Waals surface area contributed by atoms with E-state index in [1.165, 1.54) is 42.6 Å². The van der Waals surface area contributed by atoms with Crippen molar-refractivity contribution in [3.63, 3.8) is 0 Å². The maximum Gasteiger partial charge on any atom is 0.338 e. The van der Waals surface area contributed by atoms with Gasteiger partial charge < -0.3 is 4.74 Å². The van der Waals surface area contributed by atoms with E-state index in [1.54, 1.807) is 0 Å². The third-order valence-electron chi connectivity index (χ3n) is 2.67. The summed E-state index contributed by atoms with van der Waals surface area (Å²) in [6.45, 7) is 1.92. The zero-order valence-corrected chi connectivity index (χ0v) is 13.1. The summed E-state index contributed by atoms with van der Waals surface area (Å²) < 4.78 is 30.7. The van der Waals surface area contributed by atoms with E-state index in [0.29, 0.717) is 5.69 Å². The Labute approximate surface area is 126 Å². The second kappa shape index (κ2) is 6.33. The van der Waals surface area contributed by atoms with Gasteiger partial charge in [-0.15, -0.1) is 11.3 Å². The molecule has 112 valence electrons. The zero-order valence-electron chi connectivity index (χ0n) is 11.5. The number of ether oxygens (including phenoxy) is 1. The van der Waals surface area contributed by atoms with Crippen LogP contribution in [0.3, 0.4) is 0 Å². The summed E-state index contributed by atoms with van der Waals surface area (Å²) in [7, 11) is -2.28. The first-order chi connectivity index (χ1) is 9.92. The molecule has 0 amide bonds. The minimum absolute atomic E-state index is 0.0175. The lowest BCUT2D eigenvalue weighted by Crippen LogP contribution is -2.19. The number of carbonyl (C=O) groups is 1. The van der Waals surface area contributed by atoms with Crippen LogP contribution in [-0.4, -0.2) is 26.4 Å². The lowest BCUT2D eigenvalue weighted by atomic mass is 10.2. The zero-order chi connectivity index (χ0) is 15.5. The molecule has 1 N–H and O–H groups in total. The summed E-state index contributed by atoms with van der Waals surface area (Å²) in [5, 5.41) is 2.70. The highest BCUT2D eigenvalue weighted by atomic mass is 32.2. The molecular formula is C13H14N2O4S2. The molecule has 1 heterocycles. The van der Waals surface area contributed by atoms with Gasteiger partial charge in [0.15, 0.2) is 0 Å². The molecule has 1 aromatic carbocycles. The van der Waals surface area contributed by atoms with E-state index in [4.69, 9.17) is 4.74 Å². The van der Waals surface area contributed by atoms with Crippen molar-refractivity contribution in [2.24, 2.45) is 0 Å². The van der Waals surface area contributed by atoms with Crippen molar-refractivity contribution >= 4 is 27.3 Å². The minimum atomic E-state index is -3.59. The Bertz CT molecular complexity index is 753. The summed E-state index contributed by atoms with van der Waals surface area (Å²) >= 11 is 1.47. The van der Waals surface area contributed by atoms with Crippen LogP contribution in [0.15, 0.2) is 34.5 Å². The van der Waals surface area contributed by atoms with Crippen LogP contribution in [0.25, 0.3) is 0 Å². The van der Waals surface area contributed by atoms with E-state index in [9.17, 15) is 13.2 Å². The Morgan fingerprint density at radius 2 is 2.19 bits per heavy atom. The molecular weight excluding hydrogens is 312 g/mol. The molecule has 0 radical (unpaired) electrons. The molecule has 0 aliphatic rings. The fourth-order valence-electron chi connectivity index (χ4n) is 1.61. The van der Waals surface area contributed by atoms with Crippen LogP contribution in [0.2, 0.25) is 0 Å². The predicted molar refractivity (Wildman–Crippen MR) is 78.7 cm³/mol. The van der Waals surface area contributed by atoms with E-state index in [2.05, 4.69) is 9.71 Å². The molecule has 8 heteroatoms. The highest BCUT2D eigenvalue weighted by Crippen LogP contribution is 2.14. The van der Waals surface area contributed by atoms with Gasteiger partial charge >= 0.3 is 5.97 Å². The molecule has 0 saturated carbocycles. The largest absolute Gasteiger partial charge is 0.456 e. The molecule has 2 aromatic rings. The van der Waals surface area contributed by atoms with Crippen LogP contribution in [-0.2, 0) is 21.4 Å². The van der Waals surface area contributed by atoms with Gasteiger partial charge in [0.25, 0.3) is 0 Å². The first-order valence-corrected chi connectivity index (χ1v) is 8.40. The van der Waals surface area contributed by atoms with Crippen LogP contribution >= 0.6 is 11.3 Å². The third-order valence-corrected chi connectivity index (χ3v) is 4.90. The van der Waals surface area contributed by atoms with Crippen LogP contribution < -0.4 is 4.72 Å². The Kier molecular flexibility index (Phi) is 4.71. The van der Waals surface area contributed by atoms with Crippen molar-refractivity contribution in [1.82, 2.24) is 9.71 Å². The van der Waals surface area contributed by atoms with Crippen LogP contribution in [0.4, 0.5) is 0 Å². The number of nitrogens with zero attached hydrogens (tertiary/aromatic N) is 1. The van der Waals surface area contributed by atoms with Gasteiger partial charge in [0.2, 0.25) is 10.0 Å². The van der Waals surface area contributed by atoms with Gasteiger partial charge in [0.1, 0.15) is 6.61 Å². The summed E-state index contributed by atoms with van der Waals surface area (Å²) in [4.78, 5) is 16.1. The van der Waals surface area contributed by atoms with Crippen molar-refractivity contribution < 1.29 is 17.9 Å². The van der Waals surface area contributed by atoms with E-state index in [0.717, 1.165) is 5.01 Å². The van der Waals surface area contributed by atoms with Gasteiger partial charge in [-0.05, 0) is 32.2 Å². The Morgan fingerprint density at radius 3 is 2.81 bits per heavy atom. The fraction of sp³-hybridized carbons (Fsp3) is 0.231. The number of nitrogens with one attached hydrogen (secondary N) is 1. The first-order valence-electron chi connectivity index (χ1n) is 6.04. The lowest BCUT2D eigenvalue weighted by molar-refractivity contribution is 0.0468. The van der Waals surface area contributed by atoms with Gasteiger partial charge in [-0.3, -0.25) is 0 Å². The summed E-state index contributed by atoms with van der Waals surface area (Å²) in [6.07, 6.45) is 0. The van der Waals surface area contributed by atoms with Gasteiger partial charge in [0, 0.05) is 5.38 Å². The SMILES string of the molecule is CNS(=O)(=O)c1cccc(C(=O)OCc2csc(C)n2)c1. The van der Waals surface area contributed by atoms with Crippen molar-refractivity contribution in [1.29, 1.82) is 0 Å². The first kappa shape index (κ1) is 15.6. The number of esters is 1. The highest BCUT2D eigenvalue weighted by molar-refractivity contribution is 7.89. The molecule has 21 heavy (non-hydrogen) atoms. The second-order valence-corrected chi connectivity index (χ2v) is 7.12. The van der Waals surface area contributed by atoms with Crippen LogP contribution in [0, 0.1) is 6.92 Å². The topological polar surface area (TPSA) is 85.4 Å². The maximum absolute atomic E-state index is 11.9. The van der Waals surface area contributed by atoms with E-state index < -0.39 is 16.0 Å². The van der Waals surface area contributed by atoms with Gasteiger partial charge in [-0.25, -0.2) is 22.9 Å². The van der Waals surface area contributed by atoms with Gasteiger partial charge in [-0.2, -0.15) is 0 Å². The molecule has 0 fully saturated rings. The molecule has 0 aliphatic carbocycles. The number of thiazole rings is 1. The Morgan fingerprint density at radius 1 is 1.43 bits per heavy atom. The molecule has 0 unspecified atom stereocenters. The molecule has 2 rings (SSSR count). The number of benzene rings is 1. The Hall–Kier alpha value is -1.77. The van der Waals surface area contributed by atoms with Crippen molar-refractivity contribution in [3.05, 3.63) is 45.9 Å². The number of aryl methyl sites for hydroxylation is 1. The maximum atomic E-state index is 11.9. The van der Waals surface area contributed by atoms with Crippen molar-refractivity contribution in [2.75, 3.05) is 7.05 Å². The number of hydrogen-bond acceptors (Lipinski definition) is 6. The summed E-state index contributed by atoms with van der Waals surface area (Å²) in [5.41, 5.74) is 0.850. The molecule has 0 aliphatic heterocycles. The normalized spacial score (nSPS) is 11.3. The second-order valence-electron chi connectivity index (χ2n) is 4.17. The van der Waals surface area contributed by atoms with Gasteiger partial charge in [0.05, 0.1) is 21.2 Å². The number of aromatic nitrogens is 1. The molecule has 0 bridgehead atoms. The quantitative estimate of drug-likeness (QED) is 0.846. The van der Waals surface area contributed by atoms with E-state index in [-0.39, 0.29) is 17.1 Å². The lowest BCUT2D eigenvalue weighted by Gasteiger charge is -2.06. The standard InChI is InChI=1S/C13H14N2O4S2/c1-9-15-11(8-20-9)7-19-13(16)10-4-3-5-12(6-10)21(17,18)14-2/h3-6,8,14H,7H2,1-2H3. The molecule has 0 atom stereocenters. The van der Waals surface area contributed by atoms with Crippen molar-refractivity contribution in [3.8, 4) is 0 Å². The minimum Gasteiger partial charge on any atom is -0.456 e. The van der Waals surface area contributed by atoms with E-state index >= 15 is 0 Å². The average Bonchev–Trinajstić information content (AvgIpc) is 2.90. The average molecular weight is 326 g/mol. The van der Waals surface area contributed by atoms with Gasteiger partial charge in [-0.1, -0.05) is 6.07 Å². The summed E-state index contributed by atoms with van der Waals surface area (Å²) in [5.74, 6) is -0.589. The molecule has 0 spiro atoms. The smallest absolute Gasteiger partial charge is 0.338 e. The number of rotatable bonds is 5.